The number of aromatic nitrogens is 2. The van der Waals surface area contributed by atoms with E-state index in [1.54, 1.807) is 0 Å². The van der Waals surface area contributed by atoms with Crippen LogP contribution in [0.3, 0.4) is 0 Å². The second kappa shape index (κ2) is 2.09. The molecule has 0 aromatic heterocycles. The number of rotatable bonds is 0. The van der Waals surface area contributed by atoms with Crippen molar-refractivity contribution in [3.63, 3.8) is 0 Å². The molecule has 0 bridgehead atoms. The number of aryl methyl sites for hydroxylation is 1. The van der Waals surface area contributed by atoms with E-state index >= 15 is 0 Å². The molecule has 0 aromatic carbocycles. The van der Waals surface area contributed by atoms with Gasteiger partial charge < -0.3 is 4.57 Å². The number of nitrogens with zero attached hydrogens (tertiary/aromatic N) is 2. The van der Waals surface area contributed by atoms with Gasteiger partial charge in [-0.15, -0.1) is 0 Å². The number of fused-ring (bicyclic) bond motifs is 1. The van der Waals surface area contributed by atoms with Crippen molar-refractivity contribution in [1.82, 2.24) is 9.55 Å². The van der Waals surface area contributed by atoms with Crippen molar-refractivity contribution in [2.75, 3.05) is 0 Å². The molecule has 0 unspecified atom stereocenters. The van der Waals surface area contributed by atoms with Crippen molar-refractivity contribution in [2.45, 2.75) is 6.92 Å². The molecule has 2 aliphatic rings. The quantitative estimate of drug-likeness (QED) is 0.554. The molecule has 0 N–H and O–H groups in total. The van der Waals surface area contributed by atoms with Crippen LogP contribution in [0.4, 0.5) is 0 Å². The average Bonchev–Trinajstić information content (AvgIpc) is 2.45. The summed E-state index contributed by atoms with van der Waals surface area (Å²) in [5.74, 6) is 1.05. The molecule has 2 rings (SSSR count). The summed E-state index contributed by atoms with van der Waals surface area (Å²) in [4.78, 5) is 4.24. The first-order valence-electron chi connectivity index (χ1n) is 3.66. The van der Waals surface area contributed by atoms with Crippen LogP contribution < -0.4 is 0 Å². The Bertz CT molecular complexity index is 349. The molecule has 0 amide bonds. The molecule has 0 aromatic rings. The van der Waals surface area contributed by atoms with E-state index in [4.69, 9.17) is 0 Å². The molecule has 1 heterocycles. The molecule has 0 radical (unpaired) electrons. The van der Waals surface area contributed by atoms with E-state index in [2.05, 4.69) is 21.7 Å². The van der Waals surface area contributed by atoms with Gasteiger partial charge in [0.25, 0.3) is 0 Å². The largest absolute Gasteiger partial charge is 0.333 e. The molecule has 56 valence electrons. The van der Waals surface area contributed by atoms with Gasteiger partial charge in [-0.1, -0.05) is 12.1 Å². The maximum absolute atomic E-state index is 4.24. The van der Waals surface area contributed by atoms with Gasteiger partial charge in [0.1, 0.15) is 5.82 Å². The van der Waals surface area contributed by atoms with Gasteiger partial charge in [0.15, 0.2) is 0 Å². The van der Waals surface area contributed by atoms with Gasteiger partial charge in [0.2, 0.25) is 0 Å². The van der Waals surface area contributed by atoms with E-state index in [0.717, 1.165) is 5.82 Å². The summed E-state index contributed by atoms with van der Waals surface area (Å²) in [5, 5.41) is 0. The highest BCUT2D eigenvalue weighted by atomic mass is 15.0. The third kappa shape index (κ3) is 0.827. The van der Waals surface area contributed by atoms with Crippen LogP contribution in [-0.4, -0.2) is 9.55 Å². The fraction of sp³-hybridized carbons (Fsp3) is 0.222. The zero-order chi connectivity index (χ0) is 7.84. The molecule has 11 heavy (non-hydrogen) atoms. The number of hydrogen-bond acceptors (Lipinski definition) is 1. The Balaban J connectivity index is 2.81. The SMILES string of the molecule is Cc1ncc2cccc-2n1C. The van der Waals surface area contributed by atoms with Gasteiger partial charge in [0.05, 0.1) is 5.69 Å². The standard InChI is InChI=1S/C9H10N2/c1-7-10-6-8-4-3-5-9(8)11(7)2/h3-6H,1-2H3. The highest BCUT2D eigenvalue weighted by molar-refractivity contribution is 5.61. The monoisotopic (exact) mass is 146 g/mol. The molecule has 0 saturated carbocycles. The minimum atomic E-state index is 1.05. The van der Waals surface area contributed by atoms with Crippen molar-refractivity contribution in [3.05, 3.63) is 30.2 Å². The summed E-state index contributed by atoms with van der Waals surface area (Å²) in [5.41, 5.74) is 2.45. The maximum atomic E-state index is 4.24. The van der Waals surface area contributed by atoms with Crippen molar-refractivity contribution < 1.29 is 0 Å². The molecular weight excluding hydrogens is 136 g/mol. The van der Waals surface area contributed by atoms with Crippen LogP contribution in [0.2, 0.25) is 0 Å². The Morgan fingerprint density at radius 2 is 2.18 bits per heavy atom. The predicted molar refractivity (Wildman–Crippen MR) is 44.6 cm³/mol. The Morgan fingerprint density at radius 1 is 1.36 bits per heavy atom. The summed E-state index contributed by atoms with van der Waals surface area (Å²) in [6, 6.07) is 6.22. The van der Waals surface area contributed by atoms with E-state index in [-0.39, 0.29) is 0 Å². The topological polar surface area (TPSA) is 17.8 Å². The molecule has 2 nitrogen and oxygen atoms in total. The van der Waals surface area contributed by atoms with Crippen molar-refractivity contribution in [1.29, 1.82) is 0 Å². The first-order valence-corrected chi connectivity index (χ1v) is 3.66. The van der Waals surface area contributed by atoms with Crippen LogP contribution in [0.15, 0.2) is 24.4 Å². The van der Waals surface area contributed by atoms with Crippen LogP contribution in [0.5, 0.6) is 0 Å². The van der Waals surface area contributed by atoms with Crippen molar-refractivity contribution in [3.8, 4) is 11.3 Å². The van der Waals surface area contributed by atoms with E-state index in [9.17, 15) is 0 Å². The Morgan fingerprint density at radius 3 is 3.00 bits per heavy atom. The lowest BCUT2D eigenvalue weighted by atomic mass is 10.3. The highest BCUT2D eigenvalue weighted by Gasteiger charge is 2.04. The molecule has 1 aliphatic carbocycles. The number of hydrogen-bond donors (Lipinski definition) is 0. The Labute approximate surface area is 65.8 Å². The van der Waals surface area contributed by atoms with Crippen LogP contribution in [0.25, 0.3) is 11.3 Å². The average molecular weight is 146 g/mol. The normalized spacial score (nSPS) is 10.7. The lowest BCUT2D eigenvalue weighted by molar-refractivity contribution is 0.818. The van der Waals surface area contributed by atoms with Crippen LogP contribution >= 0.6 is 0 Å². The first kappa shape index (κ1) is 6.40. The molecule has 0 fully saturated rings. The second-order valence-corrected chi connectivity index (χ2v) is 2.73. The maximum Gasteiger partial charge on any atom is 0.105 e. The van der Waals surface area contributed by atoms with Gasteiger partial charge in [0, 0.05) is 18.8 Å². The lowest BCUT2D eigenvalue weighted by Gasteiger charge is -2.08. The molecule has 0 atom stereocenters. The molecule has 0 spiro atoms. The smallest absolute Gasteiger partial charge is 0.105 e. The van der Waals surface area contributed by atoms with Gasteiger partial charge >= 0.3 is 0 Å². The van der Waals surface area contributed by atoms with Gasteiger partial charge in [-0.3, -0.25) is 0 Å². The fourth-order valence-electron chi connectivity index (χ4n) is 1.26. The first-order chi connectivity index (χ1) is 5.29. The summed E-state index contributed by atoms with van der Waals surface area (Å²) in [7, 11) is 2.03. The zero-order valence-corrected chi connectivity index (χ0v) is 6.70. The zero-order valence-electron chi connectivity index (χ0n) is 6.70. The highest BCUT2D eigenvalue weighted by Crippen LogP contribution is 2.20. The van der Waals surface area contributed by atoms with E-state index in [0.29, 0.717) is 0 Å². The van der Waals surface area contributed by atoms with Gasteiger partial charge in [-0.2, -0.15) is 0 Å². The van der Waals surface area contributed by atoms with E-state index < -0.39 is 0 Å². The molecule has 0 saturated heterocycles. The fourth-order valence-corrected chi connectivity index (χ4v) is 1.26. The summed E-state index contributed by atoms with van der Waals surface area (Å²) in [6.45, 7) is 2.01. The van der Waals surface area contributed by atoms with Crippen LogP contribution in [0, 0.1) is 6.92 Å². The second-order valence-electron chi connectivity index (χ2n) is 2.73. The van der Waals surface area contributed by atoms with Crippen LogP contribution in [0.1, 0.15) is 5.82 Å². The Hall–Kier alpha value is -1.31. The van der Waals surface area contributed by atoms with E-state index in [1.165, 1.54) is 11.3 Å². The summed E-state index contributed by atoms with van der Waals surface area (Å²) >= 11 is 0. The third-order valence-electron chi connectivity index (χ3n) is 2.06. The minimum Gasteiger partial charge on any atom is -0.333 e. The lowest BCUT2D eigenvalue weighted by Crippen LogP contribution is -2.02. The van der Waals surface area contributed by atoms with Crippen LogP contribution in [-0.2, 0) is 7.05 Å². The van der Waals surface area contributed by atoms with Crippen molar-refractivity contribution in [2.24, 2.45) is 7.05 Å². The summed E-state index contributed by atoms with van der Waals surface area (Å²) < 4.78 is 2.09. The van der Waals surface area contributed by atoms with Gasteiger partial charge in [-0.05, 0) is 13.0 Å². The van der Waals surface area contributed by atoms with E-state index in [1.807, 2.05) is 26.2 Å². The Kier molecular flexibility index (Phi) is 1.22. The molecular formula is C9H10N2. The van der Waals surface area contributed by atoms with Crippen molar-refractivity contribution >= 4 is 0 Å². The third-order valence-corrected chi connectivity index (χ3v) is 2.06. The van der Waals surface area contributed by atoms with Gasteiger partial charge in [-0.25, -0.2) is 4.98 Å². The molecule has 1 aliphatic heterocycles. The predicted octanol–water partition coefficient (Wildman–Crippen LogP) is 1.83. The molecule has 2 heteroatoms. The minimum absolute atomic E-state index is 1.05. The summed E-state index contributed by atoms with van der Waals surface area (Å²) in [6.07, 6.45) is 1.91.